The lowest BCUT2D eigenvalue weighted by Crippen LogP contribution is -2.50. The quantitative estimate of drug-likeness (QED) is 0.887. The molecule has 2 N–H and O–H groups in total. The van der Waals surface area contributed by atoms with Crippen LogP contribution in [0.4, 0.5) is 0 Å². The monoisotopic (exact) mass is 267 g/mol. The van der Waals surface area contributed by atoms with E-state index in [0.717, 1.165) is 13.1 Å². The lowest BCUT2D eigenvalue weighted by atomic mass is 10.1. The van der Waals surface area contributed by atoms with Crippen LogP contribution in [0.1, 0.15) is 31.2 Å². The van der Waals surface area contributed by atoms with Crippen molar-refractivity contribution >= 4 is 11.3 Å². The van der Waals surface area contributed by atoms with Crippen LogP contribution in [0.5, 0.6) is 0 Å². The second-order valence-electron chi connectivity index (χ2n) is 5.20. The van der Waals surface area contributed by atoms with Crippen LogP contribution in [0, 0.1) is 0 Å². The van der Waals surface area contributed by atoms with Crippen molar-refractivity contribution in [2.75, 3.05) is 32.7 Å². The highest BCUT2D eigenvalue weighted by atomic mass is 32.1. The van der Waals surface area contributed by atoms with Gasteiger partial charge in [0.25, 0.3) is 0 Å². The van der Waals surface area contributed by atoms with Gasteiger partial charge in [0.05, 0.1) is 6.04 Å². The lowest BCUT2D eigenvalue weighted by molar-refractivity contribution is 0.0883. The van der Waals surface area contributed by atoms with Gasteiger partial charge in [-0.25, -0.2) is 0 Å². The van der Waals surface area contributed by atoms with Gasteiger partial charge in [-0.05, 0) is 31.3 Å². The first kappa shape index (κ1) is 14.0. The van der Waals surface area contributed by atoms with Gasteiger partial charge in [-0.2, -0.15) is 0 Å². The molecule has 3 nitrogen and oxygen atoms in total. The van der Waals surface area contributed by atoms with Crippen LogP contribution in [0.25, 0.3) is 0 Å². The summed E-state index contributed by atoms with van der Waals surface area (Å²) in [6, 6.07) is 4.94. The topological polar surface area (TPSA) is 32.5 Å². The maximum absolute atomic E-state index is 6.20. The summed E-state index contributed by atoms with van der Waals surface area (Å²) in [5.74, 6) is 0. The number of rotatable bonds is 5. The molecule has 1 saturated heterocycles. The van der Waals surface area contributed by atoms with Gasteiger partial charge in [-0.3, -0.25) is 4.90 Å². The van der Waals surface area contributed by atoms with Gasteiger partial charge < -0.3 is 10.6 Å². The number of hydrogen-bond acceptors (Lipinski definition) is 4. The van der Waals surface area contributed by atoms with Gasteiger partial charge in [0.15, 0.2) is 0 Å². The van der Waals surface area contributed by atoms with E-state index in [4.69, 9.17) is 5.73 Å². The Balaban J connectivity index is 1.97. The van der Waals surface area contributed by atoms with Gasteiger partial charge in [0.1, 0.15) is 0 Å². The lowest BCUT2D eigenvalue weighted by Gasteiger charge is -2.40. The highest BCUT2D eigenvalue weighted by Crippen LogP contribution is 2.28. The minimum absolute atomic E-state index is 0.196. The van der Waals surface area contributed by atoms with Gasteiger partial charge in [-0.1, -0.05) is 13.0 Å². The highest BCUT2D eigenvalue weighted by Gasteiger charge is 2.27. The molecule has 0 amide bonds. The molecule has 102 valence electrons. The summed E-state index contributed by atoms with van der Waals surface area (Å²) in [6.07, 6.45) is 1.25. The Labute approximate surface area is 115 Å². The van der Waals surface area contributed by atoms with Gasteiger partial charge in [0.2, 0.25) is 0 Å². The Morgan fingerprint density at radius 1 is 1.33 bits per heavy atom. The average Bonchev–Trinajstić information content (AvgIpc) is 2.85. The van der Waals surface area contributed by atoms with Gasteiger partial charge in [0, 0.05) is 37.1 Å². The fourth-order valence-corrected chi connectivity index (χ4v) is 3.79. The van der Waals surface area contributed by atoms with Crippen molar-refractivity contribution in [2.24, 2.45) is 5.73 Å². The Morgan fingerprint density at radius 3 is 2.56 bits per heavy atom. The molecule has 2 atom stereocenters. The third-order valence-corrected chi connectivity index (χ3v) is 4.62. The predicted molar refractivity (Wildman–Crippen MR) is 79.0 cm³/mol. The summed E-state index contributed by atoms with van der Waals surface area (Å²) < 4.78 is 0. The van der Waals surface area contributed by atoms with E-state index in [1.54, 1.807) is 0 Å². The van der Waals surface area contributed by atoms with E-state index < -0.39 is 0 Å². The number of hydrogen-bond donors (Lipinski definition) is 1. The second kappa shape index (κ2) is 6.66. The summed E-state index contributed by atoms with van der Waals surface area (Å²) in [6.45, 7) is 10.3. The molecule has 0 aliphatic carbocycles. The van der Waals surface area contributed by atoms with Crippen LogP contribution in [0.3, 0.4) is 0 Å². The zero-order valence-electron chi connectivity index (χ0n) is 11.5. The summed E-state index contributed by atoms with van der Waals surface area (Å²) in [4.78, 5) is 6.53. The van der Waals surface area contributed by atoms with E-state index in [1.165, 1.54) is 30.9 Å². The van der Waals surface area contributed by atoms with Crippen molar-refractivity contribution in [3.63, 3.8) is 0 Å². The molecular formula is C14H25N3S. The molecule has 1 fully saturated rings. The minimum atomic E-state index is 0.196. The molecule has 0 aromatic carbocycles. The molecule has 0 bridgehead atoms. The molecule has 1 aliphatic rings. The standard InChI is InChI=1S/C14H25N3S/c1-3-6-16-7-9-17(10-8-16)14(12(2)15)13-5-4-11-18-13/h4-5,11-12,14H,3,6-10,15H2,1-2H3. The molecule has 0 saturated carbocycles. The molecule has 2 heterocycles. The first-order valence-electron chi connectivity index (χ1n) is 6.97. The second-order valence-corrected chi connectivity index (χ2v) is 6.18. The maximum atomic E-state index is 6.20. The van der Waals surface area contributed by atoms with Gasteiger partial charge >= 0.3 is 0 Å². The van der Waals surface area contributed by atoms with Crippen LogP contribution in [-0.4, -0.2) is 48.6 Å². The third kappa shape index (κ3) is 3.32. The molecular weight excluding hydrogens is 242 g/mol. The average molecular weight is 267 g/mol. The van der Waals surface area contributed by atoms with Crippen molar-refractivity contribution in [1.82, 2.24) is 9.80 Å². The molecule has 18 heavy (non-hydrogen) atoms. The minimum Gasteiger partial charge on any atom is -0.326 e. The van der Waals surface area contributed by atoms with Crippen molar-refractivity contribution in [3.05, 3.63) is 22.4 Å². The largest absolute Gasteiger partial charge is 0.326 e. The molecule has 0 spiro atoms. The van der Waals surface area contributed by atoms with Crippen molar-refractivity contribution in [1.29, 1.82) is 0 Å². The van der Waals surface area contributed by atoms with E-state index in [0.29, 0.717) is 6.04 Å². The highest BCUT2D eigenvalue weighted by molar-refractivity contribution is 7.10. The Kier molecular flexibility index (Phi) is 5.18. The number of nitrogens with two attached hydrogens (primary N) is 1. The Bertz CT molecular complexity index is 329. The summed E-state index contributed by atoms with van der Waals surface area (Å²) >= 11 is 1.83. The summed E-state index contributed by atoms with van der Waals surface area (Å²) in [5.41, 5.74) is 6.20. The first-order chi connectivity index (χ1) is 8.72. The molecule has 1 aromatic heterocycles. The maximum Gasteiger partial charge on any atom is 0.0591 e. The van der Waals surface area contributed by atoms with E-state index in [1.807, 2.05) is 11.3 Å². The third-order valence-electron chi connectivity index (χ3n) is 3.67. The molecule has 0 radical (unpaired) electrons. The Morgan fingerprint density at radius 2 is 2.06 bits per heavy atom. The Hall–Kier alpha value is -0.420. The number of piperazine rings is 1. The number of nitrogens with zero attached hydrogens (tertiary/aromatic N) is 2. The molecule has 2 rings (SSSR count). The zero-order chi connectivity index (χ0) is 13.0. The fourth-order valence-electron chi connectivity index (χ4n) is 2.81. The smallest absolute Gasteiger partial charge is 0.0591 e. The van der Waals surface area contributed by atoms with Crippen LogP contribution in [-0.2, 0) is 0 Å². The van der Waals surface area contributed by atoms with E-state index >= 15 is 0 Å². The van der Waals surface area contributed by atoms with Crippen molar-refractivity contribution in [2.45, 2.75) is 32.4 Å². The summed E-state index contributed by atoms with van der Waals surface area (Å²) in [5, 5.41) is 2.15. The van der Waals surface area contributed by atoms with Crippen LogP contribution in [0.15, 0.2) is 17.5 Å². The van der Waals surface area contributed by atoms with Crippen LogP contribution >= 0.6 is 11.3 Å². The summed E-state index contributed by atoms with van der Waals surface area (Å²) in [7, 11) is 0. The van der Waals surface area contributed by atoms with E-state index in [9.17, 15) is 0 Å². The SMILES string of the molecule is CCCN1CCN(C(c2cccs2)C(C)N)CC1. The van der Waals surface area contributed by atoms with Crippen LogP contribution in [0.2, 0.25) is 0 Å². The fraction of sp³-hybridized carbons (Fsp3) is 0.714. The molecule has 2 unspecified atom stereocenters. The molecule has 1 aromatic rings. The van der Waals surface area contributed by atoms with E-state index in [2.05, 4.69) is 41.2 Å². The van der Waals surface area contributed by atoms with Gasteiger partial charge in [-0.15, -0.1) is 11.3 Å². The van der Waals surface area contributed by atoms with Crippen molar-refractivity contribution < 1.29 is 0 Å². The normalized spacial score (nSPS) is 21.9. The molecule has 1 aliphatic heterocycles. The van der Waals surface area contributed by atoms with Crippen molar-refractivity contribution in [3.8, 4) is 0 Å². The first-order valence-corrected chi connectivity index (χ1v) is 7.85. The molecule has 4 heteroatoms. The zero-order valence-corrected chi connectivity index (χ0v) is 12.3. The van der Waals surface area contributed by atoms with E-state index in [-0.39, 0.29) is 6.04 Å². The number of thiophene rings is 1. The van der Waals surface area contributed by atoms with Crippen LogP contribution < -0.4 is 5.73 Å². The predicted octanol–water partition coefficient (Wildman–Crippen LogP) is 2.16.